The number of aldehydes is 1. The van der Waals surface area contributed by atoms with E-state index in [0.29, 0.717) is 30.8 Å². The molecule has 31 heavy (non-hydrogen) atoms. The summed E-state index contributed by atoms with van der Waals surface area (Å²) in [6.45, 7) is 0.622. The van der Waals surface area contributed by atoms with Crippen LogP contribution in [-0.4, -0.2) is 41.4 Å². The molecule has 7 nitrogen and oxygen atoms in total. The van der Waals surface area contributed by atoms with E-state index < -0.39 is 17.5 Å². The smallest absolute Gasteiger partial charge is 0.405 e. The monoisotopic (exact) mass is 418 g/mol. The Kier molecular flexibility index (Phi) is 5.58. The average Bonchev–Trinajstić information content (AvgIpc) is 3.08. The zero-order valence-corrected chi connectivity index (χ0v) is 16.8. The highest BCUT2D eigenvalue weighted by Crippen LogP contribution is 2.34. The van der Waals surface area contributed by atoms with Crippen LogP contribution in [0.25, 0.3) is 10.8 Å². The predicted octanol–water partition coefficient (Wildman–Crippen LogP) is 3.31. The maximum Gasteiger partial charge on any atom is 0.405 e. The van der Waals surface area contributed by atoms with Crippen LogP contribution in [0.2, 0.25) is 0 Å². The largest absolute Gasteiger partial charge is 0.489 e. The van der Waals surface area contributed by atoms with E-state index in [1.807, 2.05) is 24.3 Å². The summed E-state index contributed by atoms with van der Waals surface area (Å²) in [6, 6.07) is 21.0. The van der Waals surface area contributed by atoms with Crippen molar-refractivity contribution in [3.63, 3.8) is 0 Å². The van der Waals surface area contributed by atoms with Gasteiger partial charge in [-0.05, 0) is 34.0 Å². The molecule has 1 saturated heterocycles. The van der Waals surface area contributed by atoms with Gasteiger partial charge in [0.25, 0.3) is 5.91 Å². The first-order chi connectivity index (χ1) is 15.0. The summed E-state index contributed by atoms with van der Waals surface area (Å²) in [5.74, 6) is 0.184. The van der Waals surface area contributed by atoms with Gasteiger partial charge in [-0.25, -0.2) is 4.79 Å². The number of hydrogen-bond acceptors (Lipinski definition) is 4. The molecule has 1 heterocycles. The summed E-state index contributed by atoms with van der Waals surface area (Å²) in [5.41, 5.74) is 0.177. The topological polar surface area (TPSA) is 95.9 Å². The molecule has 0 aliphatic carbocycles. The van der Waals surface area contributed by atoms with Gasteiger partial charge in [0.2, 0.25) is 0 Å². The molecule has 0 radical (unpaired) electrons. The van der Waals surface area contributed by atoms with Crippen LogP contribution in [0.4, 0.5) is 4.79 Å². The number of rotatable bonds is 7. The Balaban J connectivity index is 1.54. The van der Waals surface area contributed by atoms with Crippen molar-refractivity contribution in [2.75, 3.05) is 13.1 Å². The van der Waals surface area contributed by atoms with Crippen molar-refractivity contribution in [3.05, 3.63) is 77.9 Å². The summed E-state index contributed by atoms with van der Waals surface area (Å²) in [5, 5.41) is 13.9. The predicted molar refractivity (Wildman–Crippen MR) is 115 cm³/mol. The van der Waals surface area contributed by atoms with Gasteiger partial charge in [0.1, 0.15) is 24.2 Å². The van der Waals surface area contributed by atoms with Crippen molar-refractivity contribution in [2.24, 2.45) is 0 Å². The minimum Gasteiger partial charge on any atom is -0.489 e. The third-order valence-electron chi connectivity index (χ3n) is 5.65. The fraction of sp³-hybridized carbons (Fsp3) is 0.208. The Hall–Kier alpha value is -3.87. The molecule has 3 aromatic rings. The molecule has 0 aromatic heterocycles. The number of hydrogen-bond donors (Lipinski definition) is 2. The second-order valence-electron chi connectivity index (χ2n) is 7.45. The molecule has 0 bridgehead atoms. The van der Waals surface area contributed by atoms with Gasteiger partial charge in [0.15, 0.2) is 0 Å². The number of amides is 2. The maximum atomic E-state index is 12.9. The second kappa shape index (κ2) is 8.47. The molecule has 1 atom stereocenters. The Morgan fingerprint density at radius 3 is 2.58 bits per heavy atom. The summed E-state index contributed by atoms with van der Waals surface area (Å²) >= 11 is 0. The van der Waals surface area contributed by atoms with E-state index >= 15 is 0 Å². The maximum absolute atomic E-state index is 12.9. The van der Waals surface area contributed by atoms with Gasteiger partial charge in [-0.3, -0.25) is 4.79 Å². The van der Waals surface area contributed by atoms with Gasteiger partial charge >= 0.3 is 6.09 Å². The Labute approximate surface area is 179 Å². The number of benzene rings is 3. The lowest BCUT2D eigenvalue weighted by Gasteiger charge is -2.28. The molecule has 0 saturated carbocycles. The van der Waals surface area contributed by atoms with Crippen LogP contribution in [-0.2, 0) is 21.7 Å². The highest BCUT2D eigenvalue weighted by Gasteiger charge is 2.49. The summed E-state index contributed by atoms with van der Waals surface area (Å²) in [7, 11) is 0. The number of likely N-dealkylation sites (tertiary alicyclic amines) is 1. The number of nitrogens with zero attached hydrogens (tertiary/aromatic N) is 1. The third-order valence-corrected chi connectivity index (χ3v) is 5.65. The highest BCUT2D eigenvalue weighted by atomic mass is 16.5. The number of nitrogens with one attached hydrogen (secondary N) is 1. The molecular weight excluding hydrogens is 396 g/mol. The van der Waals surface area contributed by atoms with Crippen molar-refractivity contribution in [1.82, 2.24) is 10.2 Å². The zero-order valence-electron chi connectivity index (χ0n) is 16.8. The fourth-order valence-corrected chi connectivity index (χ4v) is 4.10. The minimum atomic E-state index is -1.40. The first kappa shape index (κ1) is 20.4. The molecule has 158 valence electrons. The zero-order chi connectivity index (χ0) is 21.8. The molecule has 4 rings (SSSR count). The number of carboxylic acid groups (broad SMARTS) is 1. The van der Waals surface area contributed by atoms with Crippen LogP contribution in [0.1, 0.15) is 17.5 Å². The van der Waals surface area contributed by atoms with E-state index in [1.165, 1.54) is 4.90 Å². The Morgan fingerprint density at radius 2 is 1.84 bits per heavy atom. The highest BCUT2D eigenvalue weighted by molar-refractivity contribution is 5.93. The van der Waals surface area contributed by atoms with Crippen LogP contribution < -0.4 is 10.1 Å². The van der Waals surface area contributed by atoms with Gasteiger partial charge in [0.05, 0.1) is 6.54 Å². The standard InChI is InChI=1S/C24H22N2O5/c27-15-14-26-13-12-24(22(26)28,25-23(29)30)19-8-10-20(11-9-19)31-16-18-6-3-5-17-4-1-2-7-21(17)18/h1-11,15,25H,12-14,16H2,(H,29,30). The number of ether oxygens (including phenoxy) is 1. The third kappa shape index (κ3) is 3.94. The van der Waals surface area contributed by atoms with E-state index in [1.54, 1.807) is 24.3 Å². The fourth-order valence-electron chi connectivity index (χ4n) is 4.10. The lowest BCUT2D eigenvalue weighted by atomic mass is 9.88. The molecule has 2 amide bonds. The van der Waals surface area contributed by atoms with Crippen LogP contribution >= 0.6 is 0 Å². The summed E-state index contributed by atoms with van der Waals surface area (Å²) in [4.78, 5) is 36.5. The van der Waals surface area contributed by atoms with Crippen molar-refractivity contribution in [3.8, 4) is 5.75 Å². The average molecular weight is 418 g/mol. The van der Waals surface area contributed by atoms with Gasteiger partial charge in [-0.15, -0.1) is 0 Å². The molecule has 2 N–H and O–H groups in total. The normalized spacial score (nSPS) is 18.2. The van der Waals surface area contributed by atoms with E-state index in [9.17, 15) is 19.5 Å². The Morgan fingerprint density at radius 1 is 1.10 bits per heavy atom. The quantitative estimate of drug-likeness (QED) is 0.574. The van der Waals surface area contributed by atoms with Crippen molar-refractivity contribution < 1.29 is 24.2 Å². The molecule has 1 fully saturated rings. The number of carbonyl (C=O) groups excluding carboxylic acids is 2. The van der Waals surface area contributed by atoms with Crippen molar-refractivity contribution >= 4 is 29.1 Å². The SMILES string of the molecule is O=CCN1CCC(NC(=O)O)(c2ccc(OCc3cccc4ccccc34)cc2)C1=O. The van der Waals surface area contributed by atoms with Gasteiger partial charge in [-0.1, -0.05) is 54.6 Å². The van der Waals surface area contributed by atoms with Crippen LogP contribution in [0.15, 0.2) is 66.7 Å². The summed E-state index contributed by atoms with van der Waals surface area (Å²) in [6.07, 6.45) is -0.404. The van der Waals surface area contributed by atoms with Gasteiger partial charge in [-0.2, -0.15) is 0 Å². The number of fused-ring (bicyclic) bond motifs is 1. The van der Waals surface area contributed by atoms with E-state index in [4.69, 9.17) is 4.74 Å². The first-order valence-electron chi connectivity index (χ1n) is 9.97. The van der Waals surface area contributed by atoms with Crippen molar-refractivity contribution in [1.29, 1.82) is 0 Å². The molecule has 3 aromatic carbocycles. The minimum absolute atomic E-state index is 0.0614. The first-order valence-corrected chi connectivity index (χ1v) is 9.97. The van der Waals surface area contributed by atoms with Crippen molar-refractivity contribution in [2.45, 2.75) is 18.6 Å². The molecular formula is C24H22N2O5. The lowest BCUT2D eigenvalue weighted by molar-refractivity contribution is -0.134. The molecule has 1 unspecified atom stereocenters. The Bertz CT molecular complexity index is 1120. The van der Waals surface area contributed by atoms with E-state index in [0.717, 1.165) is 16.3 Å². The molecule has 1 aliphatic rings. The van der Waals surface area contributed by atoms with Crippen LogP contribution in [0.5, 0.6) is 5.75 Å². The van der Waals surface area contributed by atoms with Gasteiger partial charge in [0, 0.05) is 13.0 Å². The second-order valence-corrected chi connectivity index (χ2v) is 7.45. The lowest BCUT2D eigenvalue weighted by Crippen LogP contribution is -2.51. The summed E-state index contributed by atoms with van der Waals surface area (Å²) < 4.78 is 5.94. The van der Waals surface area contributed by atoms with Gasteiger partial charge < -0.3 is 24.9 Å². The van der Waals surface area contributed by atoms with E-state index in [2.05, 4.69) is 23.5 Å². The number of carbonyl (C=O) groups is 3. The molecule has 1 aliphatic heterocycles. The molecule has 0 spiro atoms. The van der Waals surface area contributed by atoms with Crippen LogP contribution in [0, 0.1) is 0 Å². The van der Waals surface area contributed by atoms with E-state index in [-0.39, 0.29) is 13.0 Å². The molecule has 7 heteroatoms. The van der Waals surface area contributed by atoms with Crippen LogP contribution in [0.3, 0.4) is 0 Å².